The molecule has 80 valence electrons. The Labute approximate surface area is 90.4 Å². The molecule has 1 aromatic carbocycles. The second-order valence-electron chi connectivity index (χ2n) is 2.78. The molecule has 0 spiro atoms. The number of nitrogens with zero attached hydrogens (tertiary/aromatic N) is 2. The van der Waals surface area contributed by atoms with Gasteiger partial charge < -0.3 is 5.73 Å². The average Bonchev–Trinajstić information content (AvgIpc) is 2.22. The Morgan fingerprint density at radius 2 is 2.25 bits per heavy atom. The molecule has 0 aromatic heterocycles. The van der Waals surface area contributed by atoms with E-state index < -0.39 is 16.4 Å². The number of anilines is 1. The quantitative estimate of drug-likeness (QED) is 0.336. The highest BCUT2D eigenvalue weighted by Crippen LogP contribution is 2.25. The molecule has 0 aliphatic rings. The van der Waals surface area contributed by atoms with E-state index in [2.05, 4.69) is 11.8 Å². The van der Waals surface area contributed by atoms with Crippen molar-refractivity contribution in [1.82, 2.24) is 0 Å². The van der Waals surface area contributed by atoms with Crippen molar-refractivity contribution in [2.45, 2.75) is 6.42 Å². The molecule has 0 saturated carbocycles. The number of rotatable bonds is 1. The van der Waals surface area contributed by atoms with E-state index >= 15 is 0 Å². The third-order valence-corrected chi connectivity index (χ3v) is 1.71. The molecule has 0 aliphatic carbocycles. The van der Waals surface area contributed by atoms with Crippen molar-refractivity contribution in [1.29, 1.82) is 5.26 Å². The van der Waals surface area contributed by atoms with Crippen LogP contribution < -0.4 is 5.73 Å². The minimum Gasteiger partial charge on any atom is -0.392 e. The minimum atomic E-state index is -0.790. The first kappa shape index (κ1) is 11.5. The van der Waals surface area contributed by atoms with Gasteiger partial charge in [-0.2, -0.15) is 5.26 Å². The van der Waals surface area contributed by atoms with Crippen LogP contribution in [0.2, 0.25) is 0 Å². The third kappa shape index (κ3) is 2.46. The van der Waals surface area contributed by atoms with Crippen LogP contribution in [0.25, 0.3) is 0 Å². The van der Waals surface area contributed by atoms with Crippen molar-refractivity contribution in [2.75, 3.05) is 5.73 Å². The van der Waals surface area contributed by atoms with Gasteiger partial charge in [-0.3, -0.25) is 10.1 Å². The number of nitriles is 1. The summed E-state index contributed by atoms with van der Waals surface area (Å²) in [4.78, 5) is 9.73. The molecular weight excluding hydrogens is 213 g/mol. The Morgan fingerprint density at radius 1 is 1.56 bits per heavy atom. The SMILES string of the molecule is N#CCC#Cc1cc(F)cc([N+](=O)[O-])c1N. The largest absolute Gasteiger partial charge is 0.392 e. The second-order valence-corrected chi connectivity index (χ2v) is 2.78. The Bertz CT molecular complexity index is 537. The summed E-state index contributed by atoms with van der Waals surface area (Å²) >= 11 is 0. The van der Waals surface area contributed by atoms with E-state index in [1.54, 1.807) is 6.07 Å². The van der Waals surface area contributed by atoms with Gasteiger partial charge in [-0.1, -0.05) is 11.8 Å². The summed E-state index contributed by atoms with van der Waals surface area (Å²) in [5, 5.41) is 18.8. The number of nitro benzene ring substituents is 1. The fourth-order valence-corrected chi connectivity index (χ4v) is 1.04. The zero-order chi connectivity index (χ0) is 12.1. The number of nitro groups is 1. The van der Waals surface area contributed by atoms with Crippen LogP contribution in [0.5, 0.6) is 0 Å². The van der Waals surface area contributed by atoms with E-state index in [9.17, 15) is 14.5 Å². The van der Waals surface area contributed by atoms with E-state index in [0.717, 1.165) is 12.1 Å². The predicted octanol–water partition coefficient (Wildman–Crippen LogP) is 1.58. The van der Waals surface area contributed by atoms with Gasteiger partial charge in [0.05, 0.1) is 29.0 Å². The number of halogens is 1. The molecule has 1 aromatic rings. The number of hydrogen-bond acceptors (Lipinski definition) is 4. The van der Waals surface area contributed by atoms with Gasteiger partial charge in [0.2, 0.25) is 0 Å². The van der Waals surface area contributed by atoms with Crippen molar-refractivity contribution < 1.29 is 9.31 Å². The third-order valence-electron chi connectivity index (χ3n) is 1.71. The lowest BCUT2D eigenvalue weighted by molar-refractivity contribution is -0.384. The maximum absolute atomic E-state index is 13.0. The monoisotopic (exact) mass is 219 g/mol. The van der Waals surface area contributed by atoms with Crippen LogP contribution in [0.3, 0.4) is 0 Å². The first-order chi connectivity index (χ1) is 7.56. The molecule has 0 aliphatic heterocycles. The lowest BCUT2D eigenvalue weighted by Crippen LogP contribution is -1.99. The Balaban J connectivity index is 3.27. The van der Waals surface area contributed by atoms with Crippen molar-refractivity contribution in [2.24, 2.45) is 0 Å². The molecule has 0 atom stereocenters. The fourth-order valence-electron chi connectivity index (χ4n) is 1.04. The van der Waals surface area contributed by atoms with E-state index in [1.807, 2.05) is 0 Å². The molecule has 0 fully saturated rings. The lowest BCUT2D eigenvalue weighted by atomic mass is 10.1. The van der Waals surface area contributed by atoms with Gasteiger partial charge in [0.25, 0.3) is 5.69 Å². The zero-order valence-electron chi connectivity index (χ0n) is 8.03. The molecule has 6 heteroatoms. The van der Waals surface area contributed by atoms with Crippen molar-refractivity contribution in [3.63, 3.8) is 0 Å². The summed E-state index contributed by atoms with van der Waals surface area (Å²) in [6, 6.07) is 3.49. The van der Waals surface area contributed by atoms with Gasteiger partial charge >= 0.3 is 0 Å². The summed E-state index contributed by atoms with van der Waals surface area (Å²) in [7, 11) is 0. The number of nitrogen functional groups attached to an aromatic ring is 1. The first-order valence-electron chi connectivity index (χ1n) is 4.15. The summed E-state index contributed by atoms with van der Waals surface area (Å²) in [5.74, 6) is 4.02. The molecular formula is C10H6FN3O2. The van der Waals surface area contributed by atoms with Crippen molar-refractivity contribution in [3.8, 4) is 17.9 Å². The number of benzene rings is 1. The number of nitrogens with two attached hydrogens (primary N) is 1. The highest BCUT2D eigenvalue weighted by molar-refractivity contribution is 5.68. The van der Waals surface area contributed by atoms with Crippen LogP contribution in [-0.2, 0) is 0 Å². The van der Waals surface area contributed by atoms with Crippen LogP contribution >= 0.6 is 0 Å². The maximum Gasteiger partial charge on any atom is 0.296 e. The average molecular weight is 219 g/mol. The topological polar surface area (TPSA) is 92.9 Å². The molecule has 5 nitrogen and oxygen atoms in total. The molecule has 0 bridgehead atoms. The van der Waals surface area contributed by atoms with E-state index in [-0.39, 0.29) is 17.7 Å². The predicted molar refractivity (Wildman–Crippen MR) is 54.6 cm³/mol. The molecule has 0 unspecified atom stereocenters. The van der Waals surface area contributed by atoms with E-state index in [4.69, 9.17) is 11.0 Å². The highest BCUT2D eigenvalue weighted by atomic mass is 19.1. The molecule has 0 amide bonds. The standard InChI is InChI=1S/C10H6FN3O2/c11-8-5-7(3-1-2-4-12)10(13)9(6-8)14(15)16/h5-6H,2,13H2. The lowest BCUT2D eigenvalue weighted by Gasteiger charge is -2.00. The summed E-state index contributed by atoms with van der Waals surface area (Å²) < 4.78 is 13.0. The van der Waals surface area contributed by atoms with Gasteiger partial charge in [0.1, 0.15) is 11.5 Å². The van der Waals surface area contributed by atoms with Crippen molar-refractivity contribution in [3.05, 3.63) is 33.6 Å². The minimum absolute atomic E-state index is 0.0157. The van der Waals surface area contributed by atoms with E-state index in [1.165, 1.54) is 0 Å². The Hall–Kier alpha value is -2.60. The second kappa shape index (κ2) is 4.76. The van der Waals surface area contributed by atoms with Crippen LogP contribution in [-0.4, -0.2) is 4.92 Å². The summed E-state index contributed by atoms with van der Waals surface area (Å²) in [5.41, 5.74) is 4.73. The maximum atomic E-state index is 13.0. The van der Waals surface area contributed by atoms with Crippen LogP contribution in [0, 0.1) is 39.1 Å². The van der Waals surface area contributed by atoms with Crippen LogP contribution in [0.1, 0.15) is 12.0 Å². The van der Waals surface area contributed by atoms with Gasteiger partial charge in [-0.25, -0.2) is 4.39 Å². The Kier molecular flexibility index (Phi) is 3.41. The van der Waals surface area contributed by atoms with Gasteiger partial charge in [-0.15, -0.1) is 0 Å². The van der Waals surface area contributed by atoms with Gasteiger partial charge in [-0.05, 0) is 6.07 Å². The molecule has 0 saturated heterocycles. The number of hydrogen-bond donors (Lipinski definition) is 1. The van der Waals surface area contributed by atoms with Gasteiger partial charge in [0, 0.05) is 0 Å². The normalized spacial score (nSPS) is 8.75. The van der Waals surface area contributed by atoms with Gasteiger partial charge in [0.15, 0.2) is 0 Å². The fraction of sp³-hybridized carbons (Fsp3) is 0.100. The van der Waals surface area contributed by atoms with Crippen LogP contribution in [0.4, 0.5) is 15.8 Å². The molecule has 0 radical (unpaired) electrons. The smallest absolute Gasteiger partial charge is 0.296 e. The summed E-state index contributed by atoms with van der Waals surface area (Å²) in [6.07, 6.45) is -0.0518. The summed E-state index contributed by atoms with van der Waals surface area (Å²) in [6.45, 7) is 0. The molecule has 2 N–H and O–H groups in total. The molecule has 1 rings (SSSR count). The molecule has 0 heterocycles. The highest BCUT2D eigenvalue weighted by Gasteiger charge is 2.16. The Morgan fingerprint density at radius 3 is 2.81 bits per heavy atom. The van der Waals surface area contributed by atoms with Crippen LogP contribution in [0.15, 0.2) is 12.1 Å². The van der Waals surface area contributed by atoms with Crippen molar-refractivity contribution >= 4 is 11.4 Å². The zero-order valence-corrected chi connectivity index (χ0v) is 8.03. The molecule has 16 heavy (non-hydrogen) atoms. The van der Waals surface area contributed by atoms with E-state index in [0.29, 0.717) is 0 Å². The first-order valence-corrected chi connectivity index (χ1v) is 4.15.